The maximum atomic E-state index is 12.7. The molecule has 1 fully saturated rings. The van der Waals surface area contributed by atoms with E-state index in [0.29, 0.717) is 0 Å². The van der Waals surface area contributed by atoms with Gasteiger partial charge in [0.15, 0.2) is 12.2 Å². The largest absolute Gasteiger partial charge is 0.514 e. The van der Waals surface area contributed by atoms with Crippen molar-refractivity contribution >= 4 is 41.5 Å². The number of nitrogens with one attached hydrogen (secondary N) is 1. The molecule has 0 unspecified atom stereocenters. The van der Waals surface area contributed by atoms with Gasteiger partial charge < -0.3 is 43.0 Å². The Morgan fingerprint density at radius 2 is 1.60 bits per heavy atom. The Kier molecular flexibility index (Phi) is 12.2. The molecule has 5 atom stereocenters. The molecular weight excluding hydrogens is 644 g/mol. The first-order chi connectivity index (χ1) is 22.5. The molecule has 0 aromatic heterocycles. The summed E-state index contributed by atoms with van der Waals surface area (Å²) in [5.74, 6) is -2.99. The van der Waals surface area contributed by atoms with Gasteiger partial charge in [-0.05, 0) is 50.6 Å². The molecule has 2 aromatic rings. The van der Waals surface area contributed by atoms with Crippen molar-refractivity contribution in [2.24, 2.45) is 0 Å². The van der Waals surface area contributed by atoms with Crippen molar-refractivity contribution in [3.63, 3.8) is 0 Å². The van der Waals surface area contributed by atoms with Gasteiger partial charge in [-0.2, -0.15) is 0 Å². The molecule has 0 aliphatic carbocycles. The van der Waals surface area contributed by atoms with Gasteiger partial charge in [-0.15, -0.1) is 0 Å². The molecule has 18 heteroatoms. The molecule has 1 heterocycles. The van der Waals surface area contributed by atoms with Crippen LogP contribution in [0.4, 0.5) is 21.0 Å². The molecule has 0 bridgehead atoms. The number of aliphatic hydroxyl groups excluding tert-OH is 1. The summed E-state index contributed by atoms with van der Waals surface area (Å²) in [4.78, 5) is 71.5. The quantitative estimate of drug-likeness (QED) is 0.121. The van der Waals surface area contributed by atoms with Crippen LogP contribution in [0.3, 0.4) is 0 Å². The summed E-state index contributed by atoms with van der Waals surface area (Å²) in [5.41, 5.74) is -0.916. The SMILES string of the molecule is COC(=O)[C@H]1O[C@@H](Oc2ccc(COC(=O)Oc3ccc([N+](=O)[O-])cc3)cc2NC(=O)OC(C)(C)C)[C@H](OC(C)=O)[C@@H](OC(C)=O)[C@@H]1O. The predicted molar refractivity (Wildman–Crippen MR) is 159 cm³/mol. The van der Waals surface area contributed by atoms with Gasteiger partial charge in [-0.1, -0.05) is 6.07 Å². The molecule has 0 radical (unpaired) electrons. The maximum absolute atomic E-state index is 12.7. The molecule has 3 rings (SSSR count). The minimum atomic E-state index is -1.84. The second-order valence-corrected chi connectivity index (χ2v) is 11.1. The van der Waals surface area contributed by atoms with Gasteiger partial charge in [0.1, 0.15) is 29.8 Å². The van der Waals surface area contributed by atoms with Crippen LogP contribution in [0.2, 0.25) is 0 Å². The van der Waals surface area contributed by atoms with E-state index in [9.17, 15) is 39.2 Å². The second-order valence-electron chi connectivity index (χ2n) is 11.1. The summed E-state index contributed by atoms with van der Waals surface area (Å²) in [5, 5.41) is 24.1. The number of esters is 3. The van der Waals surface area contributed by atoms with E-state index in [0.717, 1.165) is 33.1 Å². The van der Waals surface area contributed by atoms with Crippen LogP contribution in [0.1, 0.15) is 40.2 Å². The lowest BCUT2D eigenvalue weighted by Crippen LogP contribution is -2.63. The zero-order valence-electron chi connectivity index (χ0n) is 26.7. The second kappa shape index (κ2) is 15.9. The zero-order valence-corrected chi connectivity index (χ0v) is 26.7. The Bertz CT molecular complexity index is 1520. The van der Waals surface area contributed by atoms with Crippen LogP contribution in [0.5, 0.6) is 11.5 Å². The number of hydrogen-bond acceptors (Lipinski definition) is 16. The van der Waals surface area contributed by atoms with Gasteiger partial charge >= 0.3 is 30.2 Å². The number of carbonyl (C=O) groups is 5. The van der Waals surface area contributed by atoms with Crippen molar-refractivity contribution in [2.75, 3.05) is 12.4 Å². The highest BCUT2D eigenvalue weighted by molar-refractivity contribution is 5.87. The number of benzene rings is 2. The van der Waals surface area contributed by atoms with Crippen molar-refractivity contribution in [1.82, 2.24) is 0 Å². The zero-order chi connectivity index (χ0) is 35.8. The number of nitrogens with zero attached hydrogens (tertiary/aromatic N) is 1. The molecule has 260 valence electrons. The van der Waals surface area contributed by atoms with Gasteiger partial charge in [0, 0.05) is 26.0 Å². The number of ether oxygens (including phenoxy) is 8. The fourth-order valence-corrected chi connectivity index (χ4v) is 4.18. The number of anilines is 1. The van der Waals surface area contributed by atoms with E-state index >= 15 is 0 Å². The van der Waals surface area contributed by atoms with E-state index in [1.807, 2.05) is 0 Å². The molecule has 1 saturated heterocycles. The van der Waals surface area contributed by atoms with Crippen LogP contribution < -0.4 is 14.8 Å². The third kappa shape index (κ3) is 10.5. The summed E-state index contributed by atoms with van der Waals surface area (Å²) in [6.07, 6.45) is -10.6. The van der Waals surface area contributed by atoms with E-state index in [1.165, 1.54) is 30.3 Å². The predicted octanol–water partition coefficient (Wildman–Crippen LogP) is 3.16. The van der Waals surface area contributed by atoms with E-state index in [2.05, 4.69) is 10.1 Å². The summed E-state index contributed by atoms with van der Waals surface area (Å²) >= 11 is 0. The number of non-ortho nitro benzene ring substituents is 1. The van der Waals surface area contributed by atoms with E-state index in [4.69, 9.17) is 33.2 Å². The molecule has 1 aliphatic heterocycles. The lowest BCUT2D eigenvalue weighted by Gasteiger charge is -2.42. The maximum Gasteiger partial charge on any atom is 0.514 e. The normalized spacial score (nSPS) is 20.4. The van der Waals surface area contributed by atoms with Crippen LogP contribution >= 0.6 is 0 Å². The molecular formula is C30H34N2O16. The van der Waals surface area contributed by atoms with Crippen molar-refractivity contribution < 1.29 is 71.9 Å². The fraction of sp³-hybridized carbons (Fsp3) is 0.433. The molecule has 2 aromatic carbocycles. The van der Waals surface area contributed by atoms with Crippen molar-refractivity contribution in [3.8, 4) is 11.5 Å². The van der Waals surface area contributed by atoms with Crippen LogP contribution in [0, 0.1) is 10.1 Å². The van der Waals surface area contributed by atoms with Gasteiger partial charge in [0.2, 0.25) is 12.4 Å². The number of carbonyl (C=O) groups excluding carboxylic acids is 5. The van der Waals surface area contributed by atoms with Crippen LogP contribution in [-0.2, 0) is 49.4 Å². The Morgan fingerprint density at radius 1 is 0.979 bits per heavy atom. The van der Waals surface area contributed by atoms with Crippen LogP contribution in [0.15, 0.2) is 42.5 Å². The molecule has 1 amide bonds. The van der Waals surface area contributed by atoms with Crippen molar-refractivity contribution in [3.05, 3.63) is 58.1 Å². The Hall–Kier alpha value is -5.49. The molecule has 48 heavy (non-hydrogen) atoms. The highest BCUT2D eigenvalue weighted by atomic mass is 16.7. The number of methoxy groups -OCH3 is 1. The molecule has 18 nitrogen and oxygen atoms in total. The molecule has 0 saturated carbocycles. The number of nitro benzene ring substituents is 1. The van der Waals surface area contributed by atoms with Crippen molar-refractivity contribution in [2.45, 2.75) is 77.5 Å². The number of aliphatic hydroxyl groups is 1. The first-order valence-corrected chi connectivity index (χ1v) is 14.1. The first-order valence-electron chi connectivity index (χ1n) is 14.1. The topological polar surface area (TPSA) is 235 Å². The number of amides is 1. The highest BCUT2D eigenvalue weighted by Crippen LogP contribution is 2.33. The Morgan fingerprint density at radius 3 is 2.17 bits per heavy atom. The summed E-state index contributed by atoms with van der Waals surface area (Å²) < 4.78 is 42.2. The number of nitro groups is 1. The molecule has 2 N–H and O–H groups in total. The minimum Gasteiger partial charge on any atom is -0.467 e. The van der Waals surface area contributed by atoms with Gasteiger partial charge in [-0.3, -0.25) is 25.0 Å². The average Bonchev–Trinajstić information content (AvgIpc) is 2.98. The van der Waals surface area contributed by atoms with Crippen LogP contribution in [0.25, 0.3) is 0 Å². The van der Waals surface area contributed by atoms with Gasteiger partial charge in [-0.25, -0.2) is 14.4 Å². The summed E-state index contributed by atoms with van der Waals surface area (Å²) in [6, 6.07) is 8.75. The molecule has 0 spiro atoms. The van der Waals surface area contributed by atoms with Crippen LogP contribution in [-0.4, -0.2) is 83.6 Å². The Labute approximate surface area is 273 Å². The van der Waals surface area contributed by atoms with E-state index < -0.39 is 78.0 Å². The molecule has 1 aliphatic rings. The third-order valence-electron chi connectivity index (χ3n) is 6.09. The number of hydrogen-bond donors (Lipinski definition) is 2. The standard InChI is InChI=1S/C30H34N2O16/c1-15(33)43-23-22(35)24(26(36)41-6)47-27(25(23)44-16(2)34)46-21-12-7-17(13-20(21)31-28(37)48-30(3,4)5)14-42-29(38)45-19-10-8-18(9-11-19)32(39)40/h7-13,22-25,27,35H,14H2,1-6H3,(H,31,37)/t22-,23-,24-,25+,27+/m0/s1. The summed E-state index contributed by atoms with van der Waals surface area (Å²) in [7, 11) is 1.03. The van der Waals surface area contributed by atoms with Crippen molar-refractivity contribution in [1.29, 1.82) is 0 Å². The lowest BCUT2D eigenvalue weighted by molar-refractivity contribution is -0.384. The first kappa shape index (κ1) is 37.0. The fourth-order valence-electron chi connectivity index (χ4n) is 4.18. The Balaban J connectivity index is 1.91. The van der Waals surface area contributed by atoms with Gasteiger partial charge in [0.05, 0.1) is 17.7 Å². The minimum absolute atomic E-state index is 0.0149. The highest BCUT2D eigenvalue weighted by Gasteiger charge is 2.53. The lowest BCUT2D eigenvalue weighted by atomic mass is 9.98. The number of rotatable bonds is 10. The monoisotopic (exact) mass is 678 g/mol. The van der Waals surface area contributed by atoms with E-state index in [-0.39, 0.29) is 28.4 Å². The average molecular weight is 679 g/mol. The smallest absolute Gasteiger partial charge is 0.467 e. The van der Waals surface area contributed by atoms with E-state index in [1.54, 1.807) is 20.8 Å². The van der Waals surface area contributed by atoms with Gasteiger partial charge in [0.25, 0.3) is 5.69 Å². The third-order valence-corrected chi connectivity index (χ3v) is 6.09. The summed E-state index contributed by atoms with van der Waals surface area (Å²) in [6.45, 7) is 6.54.